The minimum atomic E-state index is -0.770. The lowest BCUT2D eigenvalue weighted by Gasteiger charge is -2.53. The highest BCUT2D eigenvalue weighted by molar-refractivity contribution is 6.30. The van der Waals surface area contributed by atoms with Gasteiger partial charge in [-0.05, 0) is 93.3 Å². The number of likely N-dealkylation sites (tertiary alicyclic amines) is 1. The van der Waals surface area contributed by atoms with Crippen molar-refractivity contribution >= 4 is 28.5 Å². The van der Waals surface area contributed by atoms with E-state index in [0.29, 0.717) is 35.7 Å². The molecule has 0 bridgehead atoms. The van der Waals surface area contributed by atoms with E-state index in [0.717, 1.165) is 66.2 Å². The van der Waals surface area contributed by atoms with Crippen molar-refractivity contribution in [2.75, 3.05) is 6.54 Å². The van der Waals surface area contributed by atoms with Crippen molar-refractivity contribution in [1.82, 2.24) is 4.90 Å². The number of aliphatic hydroxyl groups is 1. The summed E-state index contributed by atoms with van der Waals surface area (Å²) in [6.45, 7) is 4.18. The number of rotatable bonds is 4. The quantitative estimate of drug-likeness (QED) is 0.420. The molecule has 2 fully saturated rings. The highest BCUT2D eigenvalue weighted by atomic mass is 35.5. The number of hydrogen-bond donors (Lipinski definition) is 1. The second-order valence-corrected chi connectivity index (χ2v) is 11.8. The van der Waals surface area contributed by atoms with Crippen LogP contribution in [0.3, 0.4) is 0 Å². The number of aryl methyl sites for hydroxylation is 2. The molecule has 3 aromatic rings. The smallest absolute Gasteiger partial charge is 0.339 e. The molecule has 7 heteroatoms. The third kappa shape index (κ3) is 4.32. The van der Waals surface area contributed by atoms with Crippen LogP contribution in [0, 0.1) is 12.8 Å². The topological polar surface area (TPSA) is 80.0 Å². The van der Waals surface area contributed by atoms with Crippen LogP contribution < -0.4 is 10.4 Å². The third-order valence-corrected chi connectivity index (χ3v) is 9.14. The zero-order valence-corrected chi connectivity index (χ0v) is 22.7. The van der Waals surface area contributed by atoms with Crippen molar-refractivity contribution in [3.05, 3.63) is 74.1 Å². The SMILES string of the molecule is Cc1cc(O[C@H](C)C(=O)N2CC[C@@]3(O)CCCC[C@H]3[C@@H]2c2ccc(Cl)cc2)c2c3c(c(=O)oc2c1)CCC3. The molecule has 6 nitrogen and oxygen atoms in total. The number of fused-ring (bicyclic) bond motifs is 4. The minimum Gasteiger partial charge on any atom is -0.480 e. The lowest BCUT2D eigenvalue weighted by molar-refractivity contribution is -0.161. The van der Waals surface area contributed by atoms with Crippen LogP contribution in [-0.4, -0.2) is 34.2 Å². The Balaban J connectivity index is 1.35. The van der Waals surface area contributed by atoms with Gasteiger partial charge in [-0.25, -0.2) is 4.79 Å². The fourth-order valence-electron chi connectivity index (χ4n) is 7.07. The molecule has 1 aromatic heterocycles. The molecule has 1 saturated carbocycles. The molecule has 0 spiro atoms. The van der Waals surface area contributed by atoms with Crippen LogP contribution in [-0.2, 0) is 17.6 Å². The van der Waals surface area contributed by atoms with Crippen molar-refractivity contribution in [1.29, 1.82) is 0 Å². The fourth-order valence-corrected chi connectivity index (χ4v) is 7.20. The fraction of sp³-hybridized carbons (Fsp3) is 0.484. The minimum absolute atomic E-state index is 0.0420. The van der Waals surface area contributed by atoms with Gasteiger partial charge in [0, 0.05) is 23.0 Å². The summed E-state index contributed by atoms with van der Waals surface area (Å²) in [5.41, 5.74) is 3.06. The van der Waals surface area contributed by atoms with Crippen LogP contribution in [0.5, 0.6) is 5.75 Å². The van der Waals surface area contributed by atoms with E-state index in [1.54, 1.807) is 6.92 Å². The van der Waals surface area contributed by atoms with Gasteiger partial charge in [-0.1, -0.05) is 36.6 Å². The van der Waals surface area contributed by atoms with Crippen molar-refractivity contribution < 1.29 is 19.1 Å². The summed E-state index contributed by atoms with van der Waals surface area (Å²) in [5.74, 6) is 0.429. The first-order chi connectivity index (χ1) is 18.2. The van der Waals surface area contributed by atoms with E-state index < -0.39 is 11.7 Å². The lowest BCUT2D eigenvalue weighted by atomic mass is 9.66. The highest BCUT2D eigenvalue weighted by Gasteiger charge is 2.50. The Morgan fingerprint density at radius 1 is 1.13 bits per heavy atom. The molecular weight excluding hydrogens is 502 g/mol. The Hall–Kier alpha value is -2.83. The van der Waals surface area contributed by atoms with Crippen molar-refractivity contribution in [3.63, 3.8) is 0 Å². The standard InChI is InChI=1S/C31H34ClNO5/c1-18-16-25(27-22-6-5-7-23(22)30(35)38-26(27)17-18)37-19(2)29(34)33-15-14-31(36)13-4-3-8-24(31)28(33)20-9-11-21(32)12-10-20/h9-12,16-17,19,24,28,36H,3-8,13-15H2,1-2H3/t19-,24+,28+,31+/m1/s1. The molecule has 2 heterocycles. The van der Waals surface area contributed by atoms with Crippen LogP contribution >= 0.6 is 11.6 Å². The number of amides is 1. The summed E-state index contributed by atoms with van der Waals surface area (Å²) in [6, 6.07) is 11.2. The van der Waals surface area contributed by atoms with Crippen LogP contribution in [0.15, 0.2) is 45.6 Å². The molecule has 3 aliphatic rings. The molecule has 0 radical (unpaired) electrons. The van der Waals surface area contributed by atoms with Gasteiger partial charge in [-0.15, -0.1) is 0 Å². The molecule has 38 heavy (non-hydrogen) atoms. The number of nitrogens with zero attached hydrogens (tertiary/aromatic N) is 1. The predicted octanol–water partition coefficient (Wildman–Crippen LogP) is 5.91. The number of carbonyl (C=O) groups is 1. The zero-order valence-electron chi connectivity index (χ0n) is 22.0. The van der Waals surface area contributed by atoms with Crippen LogP contribution in [0.4, 0.5) is 0 Å². The summed E-state index contributed by atoms with van der Waals surface area (Å²) >= 11 is 6.19. The van der Waals surface area contributed by atoms with Gasteiger partial charge in [0.25, 0.3) is 5.91 Å². The number of benzene rings is 2. The van der Waals surface area contributed by atoms with E-state index in [1.807, 2.05) is 48.2 Å². The van der Waals surface area contributed by atoms with Gasteiger partial charge in [-0.3, -0.25) is 4.79 Å². The molecule has 4 atom stereocenters. The molecule has 6 rings (SSSR count). The molecule has 2 aromatic carbocycles. The lowest BCUT2D eigenvalue weighted by Crippen LogP contribution is -2.58. The van der Waals surface area contributed by atoms with Gasteiger partial charge < -0.3 is 19.2 Å². The molecular formula is C31H34ClNO5. The van der Waals surface area contributed by atoms with Crippen LogP contribution in [0.25, 0.3) is 11.0 Å². The predicted molar refractivity (Wildman–Crippen MR) is 147 cm³/mol. The van der Waals surface area contributed by atoms with Crippen LogP contribution in [0.2, 0.25) is 5.02 Å². The van der Waals surface area contributed by atoms with E-state index in [-0.39, 0.29) is 23.5 Å². The Morgan fingerprint density at radius 2 is 1.89 bits per heavy atom. The Morgan fingerprint density at radius 3 is 2.68 bits per heavy atom. The number of carbonyl (C=O) groups excluding carboxylic acids is 1. The van der Waals surface area contributed by atoms with E-state index >= 15 is 0 Å². The first kappa shape index (κ1) is 25.4. The van der Waals surface area contributed by atoms with Gasteiger partial charge >= 0.3 is 5.63 Å². The summed E-state index contributed by atoms with van der Waals surface area (Å²) in [6.07, 6.45) is 5.89. The van der Waals surface area contributed by atoms with Crippen LogP contribution in [0.1, 0.15) is 73.7 Å². The van der Waals surface area contributed by atoms with Gasteiger partial charge in [0.2, 0.25) is 0 Å². The first-order valence-electron chi connectivity index (χ1n) is 13.8. The summed E-state index contributed by atoms with van der Waals surface area (Å²) < 4.78 is 12.1. The van der Waals surface area contributed by atoms with E-state index in [2.05, 4.69) is 0 Å². The first-order valence-corrected chi connectivity index (χ1v) is 14.2. The molecule has 0 unspecified atom stereocenters. The number of ether oxygens (including phenoxy) is 1. The average molecular weight is 536 g/mol. The van der Waals surface area contributed by atoms with E-state index in [1.165, 1.54) is 0 Å². The summed E-state index contributed by atoms with van der Waals surface area (Å²) in [5, 5.41) is 13.0. The largest absolute Gasteiger partial charge is 0.480 e. The Labute approximate surface area is 227 Å². The van der Waals surface area contributed by atoms with E-state index in [4.69, 9.17) is 20.8 Å². The average Bonchev–Trinajstić information content (AvgIpc) is 3.38. The molecule has 1 amide bonds. The zero-order chi connectivity index (χ0) is 26.6. The number of halogens is 1. The van der Waals surface area contributed by atoms with Gasteiger partial charge in [0.15, 0.2) is 6.10 Å². The second kappa shape index (κ2) is 9.73. The molecule has 1 saturated heterocycles. The van der Waals surface area contributed by atoms with Gasteiger partial charge in [-0.2, -0.15) is 0 Å². The van der Waals surface area contributed by atoms with E-state index in [9.17, 15) is 14.7 Å². The third-order valence-electron chi connectivity index (χ3n) is 8.89. The Kier molecular flexibility index (Phi) is 6.51. The highest BCUT2D eigenvalue weighted by Crippen LogP contribution is 2.49. The van der Waals surface area contributed by atoms with Crippen molar-refractivity contribution in [3.8, 4) is 5.75 Å². The van der Waals surface area contributed by atoms with Gasteiger partial charge in [0.05, 0.1) is 17.0 Å². The van der Waals surface area contributed by atoms with Gasteiger partial charge in [0.1, 0.15) is 11.3 Å². The maximum Gasteiger partial charge on any atom is 0.339 e. The van der Waals surface area contributed by atoms with Crippen molar-refractivity contribution in [2.24, 2.45) is 5.92 Å². The molecule has 1 aliphatic heterocycles. The Bertz CT molecular complexity index is 1450. The molecule has 2 aliphatic carbocycles. The second-order valence-electron chi connectivity index (χ2n) is 11.3. The molecule has 200 valence electrons. The maximum absolute atomic E-state index is 14.1. The normalized spacial score (nSPS) is 25.6. The summed E-state index contributed by atoms with van der Waals surface area (Å²) in [4.78, 5) is 28.5. The number of hydrogen-bond acceptors (Lipinski definition) is 5. The maximum atomic E-state index is 14.1. The van der Waals surface area contributed by atoms with Crippen molar-refractivity contribution in [2.45, 2.75) is 83.0 Å². The number of piperidine rings is 1. The summed E-state index contributed by atoms with van der Waals surface area (Å²) in [7, 11) is 0. The monoisotopic (exact) mass is 535 g/mol. The molecule has 1 N–H and O–H groups in total.